The van der Waals surface area contributed by atoms with Crippen LogP contribution in [-0.4, -0.2) is 43.2 Å². The van der Waals surface area contributed by atoms with Crippen LogP contribution < -0.4 is 14.2 Å². The highest BCUT2D eigenvalue weighted by molar-refractivity contribution is 5.82. The van der Waals surface area contributed by atoms with Crippen LogP contribution in [0, 0.1) is 6.92 Å². The maximum atomic E-state index is 12.7. The Morgan fingerprint density at radius 3 is 2.40 bits per heavy atom. The van der Waals surface area contributed by atoms with Gasteiger partial charge in [0.25, 0.3) is 5.91 Å². The van der Waals surface area contributed by atoms with E-state index in [9.17, 15) is 4.79 Å². The van der Waals surface area contributed by atoms with Crippen LogP contribution in [0.5, 0.6) is 17.2 Å². The van der Waals surface area contributed by atoms with Crippen molar-refractivity contribution in [2.75, 3.05) is 20.2 Å². The van der Waals surface area contributed by atoms with E-state index in [0.717, 1.165) is 5.75 Å². The van der Waals surface area contributed by atoms with Crippen LogP contribution in [0.1, 0.15) is 12.5 Å². The van der Waals surface area contributed by atoms with Gasteiger partial charge in [-0.1, -0.05) is 29.8 Å². The van der Waals surface area contributed by atoms with Crippen LogP contribution in [0.15, 0.2) is 48.5 Å². The van der Waals surface area contributed by atoms with Crippen molar-refractivity contribution in [1.29, 1.82) is 0 Å². The van der Waals surface area contributed by atoms with Crippen LogP contribution in [0.4, 0.5) is 0 Å². The number of nitrogens with zero attached hydrogens (tertiary/aromatic N) is 1. The predicted molar refractivity (Wildman–Crippen MR) is 95.3 cm³/mol. The quantitative estimate of drug-likeness (QED) is 0.839. The zero-order chi connectivity index (χ0) is 17.8. The fourth-order valence-electron chi connectivity index (χ4n) is 2.65. The van der Waals surface area contributed by atoms with Crippen LogP contribution in [0.2, 0.25) is 0 Å². The molecule has 0 bridgehead atoms. The van der Waals surface area contributed by atoms with E-state index in [1.54, 1.807) is 11.9 Å². The minimum absolute atomic E-state index is 0.116. The lowest BCUT2D eigenvalue weighted by atomic mass is 10.1. The van der Waals surface area contributed by atoms with Crippen molar-refractivity contribution in [3.05, 3.63) is 54.1 Å². The number of amides is 1. The molecule has 2 unspecified atom stereocenters. The lowest BCUT2D eigenvalue weighted by Gasteiger charge is -2.33. The van der Waals surface area contributed by atoms with E-state index in [1.807, 2.05) is 62.4 Å². The topological polar surface area (TPSA) is 48.0 Å². The fourth-order valence-corrected chi connectivity index (χ4v) is 2.65. The standard InChI is InChI=1S/C20H23NO4/c1-14-8-10-16(11-9-14)23-13-12-21(3)20(22)19-15(2)24-17-6-4-5-7-18(17)25-19/h4-11,15,19H,12-13H2,1-3H3. The summed E-state index contributed by atoms with van der Waals surface area (Å²) in [5.41, 5.74) is 1.18. The summed E-state index contributed by atoms with van der Waals surface area (Å²) in [5.74, 6) is 1.95. The molecule has 1 aliphatic heterocycles. The summed E-state index contributed by atoms with van der Waals surface area (Å²) >= 11 is 0. The molecule has 3 rings (SSSR count). The molecule has 2 atom stereocenters. The molecule has 0 aliphatic carbocycles. The molecule has 5 heteroatoms. The summed E-state index contributed by atoms with van der Waals surface area (Å²) in [6.07, 6.45) is -0.998. The molecule has 0 saturated heterocycles. The number of benzene rings is 2. The third-order valence-electron chi connectivity index (χ3n) is 4.18. The summed E-state index contributed by atoms with van der Waals surface area (Å²) in [4.78, 5) is 14.3. The van der Waals surface area contributed by atoms with Gasteiger partial charge in [0.2, 0.25) is 6.10 Å². The van der Waals surface area contributed by atoms with Gasteiger partial charge in [-0.05, 0) is 38.1 Å². The van der Waals surface area contributed by atoms with Crippen molar-refractivity contribution in [3.63, 3.8) is 0 Å². The van der Waals surface area contributed by atoms with Gasteiger partial charge in [0.1, 0.15) is 18.5 Å². The molecule has 2 aromatic carbocycles. The normalized spacial score (nSPS) is 18.5. The number of carbonyl (C=O) groups is 1. The lowest BCUT2D eigenvalue weighted by molar-refractivity contribution is -0.143. The van der Waals surface area contributed by atoms with Crippen molar-refractivity contribution < 1.29 is 19.0 Å². The number of ether oxygens (including phenoxy) is 3. The summed E-state index contributed by atoms with van der Waals surface area (Å²) in [6, 6.07) is 15.2. The van der Waals surface area contributed by atoms with Gasteiger partial charge in [0.15, 0.2) is 11.5 Å². The van der Waals surface area contributed by atoms with Gasteiger partial charge in [-0.25, -0.2) is 0 Å². The number of hydrogen-bond acceptors (Lipinski definition) is 4. The van der Waals surface area contributed by atoms with E-state index in [1.165, 1.54) is 5.56 Å². The van der Waals surface area contributed by atoms with Gasteiger partial charge in [0.05, 0.1) is 6.54 Å². The number of fused-ring (bicyclic) bond motifs is 1. The average Bonchev–Trinajstić information content (AvgIpc) is 2.62. The highest BCUT2D eigenvalue weighted by Crippen LogP contribution is 2.33. The second-order valence-corrected chi connectivity index (χ2v) is 6.23. The third kappa shape index (κ3) is 4.05. The van der Waals surface area contributed by atoms with Gasteiger partial charge < -0.3 is 19.1 Å². The molecule has 0 saturated carbocycles. The number of para-hydroxylation sites is 2. The zero-order valence-electron chi connectivity index (χ0n) is 14.8. The number of carbonyl (C=O) groups excluding carboxylic acids is 1. The summed E-state index contributed by atoms with van der Waals surface area (Å²) in [5, 5.41) is 0. The lowest BCUT2D eigenvalue weighted by Crippen LogP contribution is -2.50. The highest BCUT2D eigenvalue weighted by atomic mass is 16.6. The second-order valence-electron chi connectivity index (χ2n) is 6.23. The minimum atomic E-state index is -0.653. The second kappa shape index (κ2) is 7.47. The molecule has 0 spiro atoms. The Bertz CT molecular complexity index is 729. The average molecular weight is 341 g/mol. The zero-order valence-corrected chi connectivity index (χ0v) is 14.8. The first-order valence-electron chi connectivity index (χ1n) is 8.41. The Hall–Kier alpha value is -2.69. The smallest absolute Gasteiger partial charge is 0.267 e. The molecule has 25 heavy (non-hydrogen) atoms. The Labute approximate surface area is 148 Å². The van der Waals surface area contributed by atoms with Gasteiger partial charge >= 0.3 is 0 Å². The molecular weight excluding hydrogens is 318 g/mol. The Morgan fingerprint density at radius 1 is 1.08 bits per heavy atom. The Kier molecular flexibility index (Phi) is 5.12. The van der Waals surface area contributed by atoms with Gasteiger partial charge in [-0.2, -0.15) is 0 Å². The van der Waals surface area contributed by atoms with E-state index in [2.05, 4.69) is 0 Å². The molecule has 0 N–H and O–H groups in total. The molecule has 0 radical (unpaired) electrons. The van der Waals surface area contributed by atoms with Crippen molar-refractivity contribution in [2.24, 2.45) is 0 Å². The molecule has 132 valence electrons. The number of rotatable bonds is 5. The van der Waals surface area contributed by atoms with Crippen molar-refractivity contribution in [3.8, 4) is 17.2 Å². The minimum Gasteiger partial charge on any atom is -0.492 e. The molecule has 5 nitrogen and oxygen atoms in total. The fraction of sp³-hybridized carbons (Fsp3) is 0.350. The first-order chi connectivity index (χ1) is 12.0. The summed E-state index contributed by atoms with van der Waals surface area (Å²) in [7, 11) is 1.75. The Balaban J connectivity index is 1.54. The van der Waals surface area contributed by atoms with Crippen molar-refractivity contribution in [2.45, 2.75) is 26.1 Å². The maximum Gasteiger partial charge on any atom is 0.267 e. The first kappa shape index (κ1) is 17.1. The SMILES string of the molecule is Cc1ccc(OCCN(C)C(=O)C2Oc3ccccc3OC2C)cc1. The summed E-state index contributed by atoms with van der Waals surface area (Å²) in [6.45, 7) is 4.77. The Morgan fingerprint density at radius 2 is 1.72 bits per heavy atom. The van der Waals surface area contributed by atoms with E-state index < -0.39 is 6.10 Å². The highest BCUT2D eigenvalue weighted by Gasteiger charge is 2.35. The van der Waals surface area contributed by atoms with Gasteiger partial charge in [-0.15, -0.1) is 0 Å². The maximum absolute atomic E-state index is 12.7. The number of aryl methyl sites for hydroxylation is 1. The molecule has 1 aliphatic rings. The van der Waals surface area contributed by atoms with Crippen LogP contribution in [0.25, 0.3) is 0 Å². The first-order valence-corrected chi connectivity index (χ1v) is 8.41. The van der Waals surface area contributed by atoms with E-state index >= 15 is 0 Å². The number of hydrogen-bond donors (Lipinski definition) is 0. The molecule has 0 fully saturated rings. The van der Waals surface area contributed by atoms with E-state index in [0.29, 0.717) is 24.7 Å². The molecule has 2 aromatic rings. The van der Waals surface area contributed by atoms with E-state index in [-0.39, 0.29) is 12.0 Å². The summed E-state index contributed by atoms with van der Waals surface area (Å²) < 4.78 is 17.3. The van der Waals surface area contributed by atoms with Crippen molar-refractivity contribution in [1.82, 2.24) is 4.90 Å². The van der Waals surface area contributed by atoms with Crippen LogP contribution in [0.3, 0.4) is 0 Å². The van der Waals surface area contributed by atoms with E-state index in [4.69, 9.17) is 14.2 Å². The predicted octanol–water partition coefficient (Wildman–Crippen LogP) is 3.06. The third-order valence-corrected chi connectivity index (χ3v) is 4.18. The molecule has 1 amide bonds. The largest absolute Gasteiger partial charge is 0.492 e. The van der Waals surface area contributed by atoms with Gasteiger partial charge in [0, 0.05) is 7.05 Å². The van der Waals surface area contributed by atoms with Gasteiger partial charge in [-0.3, -0.25) is 4.79 Å². The van der Waals surface area contributed by atoms with Crippen LogP contribution >= 0.6 is 0 Å². The van der Waals surface area contributed by atoms with Crippen molar-refractivity contribution >= 4 is 5.91 Å². The van der Waals surface area contributed by atoms with Crippen LogP contribution in [-0.2, 0) is 4.79 Å². The monoisotopic (exact) mass is 341 g/mol. The molecule has 1 heterocycles. The molecular formula is C20H23NO4. The number of likely N-dealkylation sites (N-methyl/N-ethyl adjacent to an activating group) is 1. The molecule has 0 aromatic heterocycles.